The largest absolute Gasteiger partial charge is 0.368 e. The smallest absolute Gasteiger partial charge is 0.253 e. The van der Waals surface area contributed by atoms with Crippen LogP contribution in [0.1, 0.15) is 18.4 Å². The molecule has 1 heterocycles. The predicted octanol–water partition coefficient (Wildman–Crippen LogP) is 3.53. The summed E-state index contributed by atoms with van der Waals surface area (Å²) in [5.41, 5.74) is 1.65. The van der Waals surface area contributed by atoms with Gasteiger partial charge in [-0.3, -0.25) is 4.79 Å². The molecule has 92 valence electrons. The van der Waals surface area contributed by atoms with Gasteiger partial charge < -0.3 is 10.1 Å². The molecule has 0 bridgehead atoms. The number of aryl methyl sites for hydroxylation is 1. The average Bonchev–Trinajstić information content (AvgIpc) is 2.79. The Hall–Kier alpha value is -0.580. The van der Waals surface area contributed by atoms with E-state index < -0.39 is 0 Å². The molecule has 0 aliphatic carbocycles. The molecular weight excluding hydrogens is 305 g/mol. The van der Waals surface area contributed by atoms with Crippen LogP contribution in [-0.4, -0.2) is 18.6 Å². The Kier molecular flexibility index (Phi) is 4.07. The monoisotopic (exact) mass is 317 g/mol. The van der Waals surface area contributed by atoms with Crippen molar-refractivity contribution in [3.8, 4) is 0 Å². The molecule has 1 saturated heterocycles. The van der Waals surface area contributed by atoms with Crippen molar-refractivity contribution >= 4 is 39.1 Å². The number of carbonyl (C=O) groups is 1. The van der Waals surface area contributed by atoms with Crippen molar-refractivity contribution in [2.75, 3.05) is 11.9 Å². The number of amides is 1. The molecule has 2 rings (SSSR count). The van der Waals surface area contributed by atoms with Gasteiger partial charge in [0.1, 0.15) is 6.10 Å². The lowest BCUT2D eigenvalue weighted by Crippen LogP contribution is -2.27. The van der Waals surface area contributed by atoms with Gasteiger partial charge in [0.2, 0.25) is 0 Å². The lowest BCUT2D eigenvalue weighted by Gasteiger charge is -2.12. The molecule has 1 aliphatic rings. The molecule has 1 unspecified atom stereocenters. The number of benzene rings is 1. The Balaban J connectivity index is 2.12. The highest BCUT2D eigenvalue weighted by Gasteiger charge is 2.24. The van der Waals surface area contributed by atoms with Crippen molar-refractivity contribution in [3.05, 3.63) is 27.2 Å². The summed E-state index contributed by atoms with van der Waals surface area (Å²) in [6, 6.07) is 3.63. The Morgan fingerprint density at radius 1 is 1.59 bits per heavy atom. The van der Waals surface area contributed by atoms with Crippen molar-refractivity contribution in [2.24, 2.45) is 0 Å². The summed E-state index contributed by atoms with van der Waals surface area (Å²) in [4.78, 5) is 11.9. The van der Waals surface area contributed by atoms with Gasteiger partial charge in [-0.1, -0.05) is 11.6 Å². The third kappa shape index (κ3) is 3.00. The van der Waals surface area contributed by atoms with E-state index in [1.165, 1.54) is 0 Å². The molecule has 1 atom stereocenters. The molecule has 1 aliphatic heterocycles. The lowest BCUT2D eigenvalue weighted by molar-refractivity contribution is -0.124. The predicted molar refractivity (Wildman–Crippen MR) is 71.5 cm³/mol. The fourth-order valence-electron chi connectivity index (χ4n) is 1.74. The molecule has 3 nitrogen and oxygen atoms in total. The number of hydrogen-bond acceptors (Lipinski definition) is 2. The molecule has 0 saturated carbocycles. The first-order valence-corrected chi connectivity index (χ1v) is 6.63. The van der Waals surface area contributed by atoms with Crippen LogP contribution in [0, 0.1) is 6.92 Å². The van der Waals surface area contributed by atoms with E-state index in [0.29, 0.717) is 17.3 Å². The second kappa shape index (κ2) is 5.38. The minimum Gasteiger partial charge on any atom is -0.368 e. The summed E-state index contributed by atoms with van der Waals surface area (Å²) in [5.74, 6) is -0.108. The summed E-state index contributed by atoms with van der Waals surface area (Å²) in [6.07, 6.45) is 1.39. The van der Waals surface area contributed by atoms with E-state index in [0.717, 1.165) is 22.9 Å². The highest BCUT2D eigenvalue weighted by Crippen LogP contribution is 2.29. The molecule has 17 heavy (non-hydrogen) atoms. The quantitative estimate of drug-likeness (QED) is 0.906. The fourth-order valence-corrected chi connectivity index (χ4v) is 2.46. The van der Waals surface area contributed by atoms with E-state index in [1.54, 1.807) is 6.07 Å². The Morgan fingerprint density at radius 3 is 3.00 bits per heavy atom. The number of carbonyl (C=O) groups excluding carboxylic acids is 1. The van der Waals surface area contributed by atoms with Gasteiger partial charge in [-0.25, -0.2) is 0 Å². The van der Waals surface area contributed by atoms with Crippen molar-refractivity contribution in [1.82, 2.24) is 0 Å². The maximum atomic E-state index is 11.9. The van der Waals surface area contributed by atoms with E-state index in [4.69, 9.17) is 16.3 Å². The number of anilines is 1. The van der Waals surface area contributed by atoms with Crippen molar-refractivity contribution in [1.29, 1.82) is 0 Å². The number of ether oxygens (including phenoxy) is 1. The zero-order valence-corrected chi connectivity index (χ0v) is 11.8. The molecule has 5 heteroatoms. The van der Waals surface area contributed by atoms with E-state index in [2.05, 4.69) is 21.2 Å². The second-order valence-electron chi connectivity index (χ2n) is 4.07. The minimum absolute atomic E-state index is 0.108. The van der Waals surface area contributed by atoms with Gasteiger partial charge in [0, 0.05) is 16.1 Å². The van der Waals surface area contributed by atoms with Gasteiger partial charge in [-0.05, 0) is 53.4 Å². The second-order valence-corrected chi connectivity index (χ2v) is 5.33. The van der Waals surface area contributed by atoms with Crippen LogP contribution in [0.3, 0.4) is 0 Å². The Morgan fingerprint density at radius 2 is 2.35 bits per heavy atom. The molecule has 1 amide bonds. The first kappa shape index (κ1) is 12.9. The van der Waals surface area contributed by atoms with E-state index in [-0.39, 0.29) is 12.0 Å². The molecule has 0 radical (unpaired) electrons. The third-order valence-corrected chi connectivity index (χ3v) is 3.79. The van der Waals surface area contributed by atoms with E-state index >= 15 is 0 Å². The normalized spacial score (nSPS) is 19.4. The van der Waals surface area contributed by atoms with Crippen LogP contribution in [0.2, 0.25) is 5.02 Å². The molecule has 1 aromatic carbocycles. The van der Waals surface area contributed by atoms with Crippen molar-refractivity contribution < 1.29 is 9.53 Å². The number of nitrogens with one attached hydrogen (secondary N) is 1. The first-order valence-electron chi connectivity index (χ1n) is 5.46. The van der Waals surface area contributed by atoms with E-state index in [9.17, 15) is 4.79 Å². The lowest BCUT2D eigenvalue weighted by atomic mass is 10.2. The Labute approximate surface area is 114 Å². The van der Waals surface area contributed by atoms with Gasteiger partial charge in [0.25, 0.3) is 5.91 Å². The van der Waals surface area contributed by atoms with Crippen LogP contribution in [0.15, 0.2) is 16.6 Å². The van der Waals surface area contributed by atoms with Crippen LogP contribution in [0.5, 0.6) is 0 Å². The minimum atomic E-state index is -0.332. The molecule has 1 fully saturated rings. The molecule has 0 spiro atoms. The molecular formula is C12H13BrClNO2. The van der Waals surface area contributed by atoms with Gasteiger partial charge in [0.05, 0.1) is 5.69 Å². The SMILES string of the molecule is Cc1cc(Br)c(NC(=O)C2CCCO2)cc1Cl. The van der Waals surface area contributed by atoms with Crippen molar-refractivity contribution in [2.45, 2.75) is 25.9 Å². The van der Waals surface area contributed by atoms with Gasteiger partial charge in [-0.2, -0.15) is 0 Å². The summed E-state index contributed by atoms with van der Waals surface area (Å²) < 4.78 is 6.15. The van der Waals surface area contributed by atoms with Gasteiger partial charge in [0.15, 0.2) is 0 Å². The number of hydrogen-bond donors (Lipinski definition) is 1. The van der Waals surface area contributed by atoms with Gasteiger partial charge >= 0.3 is 0 Å². The van der Waals surface area contributed by atoms with Gasteiger partial charge in [-0.15, -0.1) is 0 Å². The highest BCUT2D eigenvalue weighted by atomic mass is 79.9. The van der Waals surface area contributed by atoms with Crippen LogP contribution in [0.4, 0.5) is 5.69 Å². The molecule has 1 aromatic rings. The zero-order valence-electron chi connectivity index (χ0n) is 9.43. The van der Waals surface area contributed by atoms with Crippen molar-refractivity contribution in [3.63, 3.8) is 0 Å². The van der Waals surface area contributed by atoms with Crippen LogP contribution < -0.4 is 5.32 Å². The summed E-state index contributed by atoms with van der Waals surface area (Å²) in [5, 5.41) is 3.46. The van der Waals surface area contributed by atoms with E-state index in [1.807, 2.05) is 13.0 Å². The topological polar surface area (TPSA) is 38.3 Å². The molecule has 1 N–H and O–H groups in total. The average molecular weight is 319 g/mol. The maximum absolute atomic E-state index is 11.9. The number of rotatable bonds is 2. The summed E-state index contributed by atoms with van der Waals surface area (Å²) >= 11 is 9.43. The first-order chi connectivity index (χ1) is 8.08. The van der Waals surface area contributed by atoms with Crippen LogP contribution >= 0.6 is 27.5 Å². The number of halogens is 2. The zero-order chi connectivity index (χ0) is 12.4. The van der Waals surface area contributed by atoms with Crippen LogP contribution in [0.25, 0.3) is 0 Å². The standard InChI is InChI=1S/C12H13BrClNO2/c1-7-5-8(13)10(6-9(7)14)15-12(16)11-3-2-4-17-11/h5-6,11H,2-4H2,1H3,(H,15,16). The maximum Gasteiger partial charge on any atom is 0.253 e. The Bertz CT molecular complexity index is 444. The highest BCUT2D eigenvalue weighted by molar-refractivity contribution is 9.10. The fraction of sp³-hybridized carbons (Fsp3) is 0.417. The molecule has 0 aromatic heterocycles. The summed E-state index contributed by atoms with van der Waals surface area (Å²) in [7, 11) is 0. The third-order valence-electron chi connectivity index (χ3n) is 2.73. The van der Waals surface area contributed by atoms with Crippen LogP contribution in [-0.2, 0) is 9.53 Å². The summed E-state index contributed by atoms with van der Waals surface area (Å²) in [6.45, 7) is 2.58.